The van der Waals surface area contributed by atoms with Gasteiger partial charge < -0.3 is 14.9 Å². The second kappa shape index (κ2) is 12.3. The molecular formula is C27H31FN2O4S. The Morgan fingerprint density at radius 3 is 2.37 bits per heavy atom. The number of hydrogen-bond donors (Lipinski definition) is 2. The summed E-state index contributed by atoms with van der Waals surface area (Å²) in [6, 6.07) is 16.5. The van der Waals surface area contributed by atoms with Gasteiger partial charge in [-0.1, -0.05) is 30.3 Å². The summed E-state index contributed by atoms with van der Waals surface area (Å²) in [5, 5.41) is 24.4. The SMILES string of the molecule is O=C(O)COCC1CCC(Cn2nc(-c3ccc(F)cc3)c(-c3ccccc3)c2SCCO)CC1. The molecule has 8 heteroatoms. The number of halogens is 1. The third-order valence-corrected chi connectivity index (χ3v) is 7.47. The molecule has 0 atom stereocenters. The monoisotopic (exact) mass is 498 g/mol. The normalized spacial score (nSPS) is 18.0. The fourth-order valence-electron chi connectivity index (χ4n) is 4.67. The van der Waals surface area contributed by atoms with E-state index in [1.54, 1.807) is 23.9 Å². The largest absolute Gasteiger partial charge is 0.480 e. The van der Waals surface area contributed by atoms with Gasteiger partial charge in [0.1, 0.15) is 23.1 Å². The lowest BCUT2D eigenvalue weighted by Gasteiger charge is -2.28. The highest BCUT2D eigenvalue weighted by Crippen LogP contribution is 2.41. The minimum absolute atomic E-state index is 0.0669. The third-order valence-electron chi connectivity index (χ3n) is 6.39. The number of carboxylic acid groups (broad SMARTS) is 1. The molecule has 0 radical (unpaired) electrons. The van der Waals surface area contributed by atoms with Crippen molar-refractivity contribution in [3.63, 3.8) is 0 Å². The summed E-state index contributed by atoms with van der Waals surface area (Å²) in [4.78, 5) is 10.7. The van der Waals surface area contributed by atoms with Crippen molar-refractivity contribution in [1.82, 2.24) is 9.78 Å². The zero-order chi connectivity index (χ0) is 24.6. The maximum Gasteiger partial charge on any atom is 0.329 e. The van der Waals surface area contributed by atoms with Crippen molar-refractivity contribution >= 4 is 17.7 Å². The van der Waals surface area contributed by atoms with Crippen LogP contribution in [-0.2, 0) is 16.1 Å². The Hall–Kier alpha value is -2.68. The molecule has 1 heterocycles. The summed E-state index contributed by atoms with van der Waals surface area (Å²) in [5.41, 5.74) is 3.71. The first-order valence-electron chi connectivity index (χ1n) is 12.0. The zero-order valence-electron chi connectivity index (χ0n) is 19.6. The number of carbonyl (C=O) groups is 1. The van der Waals surface area contributed by atoms with E-state index in [0.29, 0.717) is 24.2 Å². The van der Waals surface area contributed by atoms with Gasteiger partial charge in [0.15, 0.2) is 0 Å². The predicted molar refractivity (Wildman–Crippen MR) is 135 cm³/mol. The average Bonchev–Trinajstić information content (AvgIpc) is 3.22. The van der Waals surface area contributed by atoms with E-state index in [4.69, 9.17) is 14.9 Å². The first-order chi connectivity index (χ1) is 17.0. The molecule has 1 aliphatic rings. The number of benzene rings is 2. The van der Waals surface area contributed by atoms with E-state index >= 15 is 0 Å². The second-order valence-corrected chi connectivity index (χ2v) is 10.0. The molecule has 4 rings (SSSR count). The third kappa shape index (κ3) is 6.72. The van der Waals surface area contributed by atoms with Crippen molar-refractivity contribution in [2.24, 2.45) is 11.8 Å². The summed E-state index contributed by atoms with van der Waals surface area (Å²) in [5.74, 6) is 0.178. The van der Waals surface area contributed by atoms with Crippen LogP contribution in [0.4, 0.5) is 4.39 Å². The molecule has 0 saturated heterocycles. The number of hydrogen-bond acceptors (Lipinski definition) is 5. The Morgan fingerprint density at radius 2 is 1.71 bits per heavy atom. The van der Waals surface area contributed by atoms with Crippen LogP contribution in [0.5, 0.6) is 0 Å². The standard InChI is InChI=1S/C27H31FN2O4S/c28-23-12-10-22(11-13-23)26-25(21-4-2-1-3-5-21)27(35-15-14-31)30(29-26)16-19-6-8-20(9-7-19)17-34-18-24(32)33/h1-5,10-13,19-20,31H,6-9,14-18H2,(H,32,33). The summed E-state index contributed by atoms with van der Waals surface area (Å²) >= 11 is 1.59. The van der Waals surface area contributed by atoms with Gasteiger partial charge >= 0.3 is 5.97 Å². The number of carboxylic acids is 1. The van der Waals surface area contributed by atoms with Gasteiger partial charge in [-0.25, -0.2) is 9.18 Å². The molecule has 1 saturated carbocycles. The van der Waals surface area contributed by atoms with E-state index in [9.17, 15) is 14.3 Å². The van der Waals surface area contributed by atoms with Crippen LogP contribution in [0.15, 0.2) is 59.6 Å². The molecule has 0 bridgehead atoms. The Balaban J connectivity index is 1.59. The van der Waals surface area contributed by atoms with E-state index < -0.39 is 5.97 Å². The van der Waals surface area contributed by atoms with Gasteiger partial charge in [-0.3, -0.25) is 4.68 Å². The molecule has 2 N–H and O–H groups in total. The fourth-order valence-corrected chi connectivity index (χ4v) is 5.58. The zero-order valence-corrected chi connectivity index (χ0v) is 20.4. The smallest absolute Gasteiger partial charge is 0.329 e. The number of aliphatic carboxylic acids is 1. The molecule has 1 aliphatic carbocycles. The van der Waals surface area contributed by atoms with Crippen molar-refractivity contribution in [3.05, 3.63) is 60.4 Å². The molecule has 6 nitrogen and oxygen atoms in total. The van der Waals surface area contributed by atoms with E-state index in [1.165, 1.54) is 12.1 Å². The highest BCUT2D eigenvalue weighted by molar-refractivity contribution is 7.99. The fraction of sp³-hybridized carbons (Fsp3) is 0.407. The Bertz CT molecular complexity index is 1100. The quantitative estimate of drug-likeness (QED) is 0.347. The molecular weight excluding hydrogens is 467 g/mol. The molecule has 3 aromatic rings. The summed E-state index contributed by atoms with van der Waals surface area (Å²) < 4.78 is 21.0. The number of aromatic nitrogens is 2. The lowest BCUT2D eigenvalue weighted by molar-refractivity contribution is -0.142. The van der Waals surface area contributed by atoms with Crippen LogP contribution >= 0.6 is 11.8 Å². The van der Waals surface area contributed by atoms with Gasteiger partial charge in [0.25, 0.3) is 0 Å². The molecule has 1 fully saturated rings. The maximum atomic E-state index is 13.6. The van der Waals surface area contributed by atoms with E-state index in [2.05, 4.69) is 16.8 Å². The van der Waals surface area contributed by atoms with E-state index in [0.717, 1.165) is 59.6 Å². The first kappa shape index (κ1) is 25.4. The van der Waals surface area contributed by atoms with Crippen LogP contribution in [0.25, 0.3) is 22.4 Å². The molecule has 0 unspecified atom stereocenters. The van der Waals surface area contributed by atoms with Crippen LogP contribution in [0.1, 0.15) is 25.7 Å². The average molecular weight is 499 g/mol. The number of ether oxygens (including phenoxy) is 1. The van der Waals surface area contributed by atoms with Crippen LogP contribution in [0, 0.1) is 17.7 Å². The Kier molecular flexibility index (Phi) is 8.95. The van der Waals surface area contributed by atoms with E-state index in [1.807, 2.05) is 18.2 Å². The first-order valence-corrected chi connectivity index (χ1v) is 13.0. The van der Waals surface area contributed by atoms with Crippen molar-refractivity contribution < 1.29 is 24.1 Å². The van der Waals surface area contributed by atoms with Gasteiger partial charge in [-0.15, -0.1) is 11.8 Å². The summed E-state index contributed by atoms with van der Waals surface area (Å²) in [6.07, 6.45) is 4.05. The molecule has 35 heavy (non-hydrogen) atoms. The van der Waals surface area contributed by atoms with Gasteiger partial charge in [0, 0.05) is 23.4 Å². The number of aliphatic hydroxyl groups excluding tert-OH is 1. The molecule has 0 spiro atoms. The van der Waals surface area contributed by atoms with Crippen LogP contribution in [0.2, 0.25) is 0 Å². The second-order valence-electron chi connectivity index (χ2n) is 8.95. The lowest BCUT2D eigenvalue weighted by atomic mass is 9.82. The highest BCUT2D eigenvalue weighted by atomic mass is 32.2. The minimum Gasteiger partial charge on any atom is -0.480 e. The van der Waals surface area contributed by atoms with Gasteiger partial charge in [-0.05, 0) is 67.3 Å². The van der Waals surface area contributed by atoms with Crippen molar-refractivity contribution in [3.8, 4) is 22.4 Å². The summed E-state index contributed by atoms with van der Waals surface area (Å²) in [6.45, 7) is 1.08. The number of thioether (sulfide) groups is 1. The molecule has 0 aliphatic heterocycles. The Morgan fingerprint density at radius 1 is 1.03 bits per heavy atom. The van der Waals surface area contributed by atoms with E-state index in [-0.39, 0.29) is 19.0 Å². The predicted octanol–water partition coefficient (Wildman–Crippen LogP) is 5.35. The summed E-state index contributed by atoms with van der Waals surface area (Å²) in [7, 11) is 0. The Labute approximate surface area is 209 Å². The van der Waals surface area contributed by atoms with Gasteiger partial charge in [0.2, 0.25) is 0 Å². The minimum atomic E-state index is -0.934. The highest BCUT2D eigenvalue weighted by Gasteiger charge is 2.26. The molecule has 2 aromatic carbocycles. The van der Waals surface area contributed by atoms with Crippen LogP contribution in [0.3, 0.4) is 0 Å². The maximum absolute atomic E-state index is 13.6. The van der Waals surface area contributed by atoms with Crippen molar-refractivity contribution in [2.45, 2.75) is 37.3 Å². The van der Waals surface area contributed by atoms with Crippen molar-refractivity contribution in [1.29, 1.82) is 0 Å². The molecule has 1 aromatic heterocycles. The van der Waals surface area contributed by atoms with Gasteiger partial charge in [0.05, 0.1) is 13.2 Å². The lowest BCUT2D eigenvalue weighted by Crippen LogP contribution is -2.23. The number of nitrogens with zero attached hydrogens (tertiary/aromatic N) is 2. The number of rotatable bonds is 11. The van der Waals surface area contributed by atoms with Gasteiger partial charge in [-0.2, -0.15) is 5.10 Å². The van der Waals surface area contributed by atoms with Crippen LogP contribution < -0.4 is 0 Å². The van der Waals surface area contributed by atoms with Crippen molar-refractivity contribution in [2.75, 3.05) is 25.6 Å². The number of aliphatic hydroxyl groups is 1. The van der Waals surface area contributed by atoms with Crippen LogP contribution in [-0.4, -0.2) is 51.5 Å². The molecule has 0 amide bonds. The topological polar surface area (TPSA) is 84.6 Å². The molecule has 186 valence electrons.